The zero-order valence-electron chi connectivity index (χ0n) is 12.9. The molecular formula is C17H19F2NO2. The van der Waals surface area contributed by atoms with Gasteiger partial charge in [-0.1, -0.05) is 12.1 Å². The van der Waals surface area contributed by atoms with E-state index >= 15 is 0 Å². The van der Waals surface area contributed by atoms with Gasteiger partial charge < -0.3 is 9.47 Å². The highest BCUT2D eigenvalue weighted by molar-refractivity contribution is 5.40. The van der Waals surface area contributed by atoms with Crippen molar-refractivity contribution >= 4 is 0 Å². The molecule has 118 valence electrons. The average Bonchev–Trinajstić information content (AvgIpc) is 2.51. The van der Waals surface area contributed by atoms with E-state index in [1.165, 1.54) is 6.07 Å². The smallest absolute Gasteiger partial charge is 0.159 e. The van der Waals surface area contributed by atoms with Gasteiger partial charge in [-0.05, 0) is 30.8 Å². The molecular weight excluding hydrogens is 288 g/mol. The van der Waals surface area contributed by atoms with Gasteiger partial charge in [-0.3, -0.25) is 4.90 Å². The minimum atomic E-state index is -0.830. The number of ether oxygens (including phenoxy) is 2. The van der Waals surface area contributed by atoms with Crippen molar-refractivity contribution in [3.05, 3.63) is 59.2 Å². The molecule has 3 nitrogen and oxygen atoms in total. The minimum absolute atomic E-state index is 0.506. The third-order valence-corrected chi connectivity index (χ3v) is 3.37. The van der Waals surface area contributed by atoms with Crippen LogP contribution in [0.4, 0.5) is 8.78 Å². The van der Waals surface area contributed by atoms with Gasteiger partial charge in [-0.25, -0.2) is 8.78 Å². The number of rotatable bonds is 6. The normalized spacial score (nSPS) is 10.8. The van der Waals surface area contributed by atoms with Gasteiger partial charge in [0.05, 0.1) is 14.2 Å². The second-order valence-electron chi connectivity index (χ2n) is 5.10. The van der Waals surface area contributed by atoms with Crippen molar-refractivity contribution < 1.29 is 18.3 Å². The Kier molecular flexibility index (Phi) is 5.33. The highest BCUT2D eigenvalue weighted by Crippen LogP contribution is 2.25. The van der Waals surface area contributed by atoms with E-state index in [0.717, 1.165) is 23.1 Å². The molecule has 0 radical (unpaired) electrons. The van der Waals surface area contributed by atoms with Crippen molar-refractivity contribution in [2.45, 2.75) is 13.1 Å². The second-order valence-corrected chi connectivity index (χ2v) is 5.10. The van der Waals surface area contributed by atoms with Crippen molar-refractivity contribution in [2.24, 2.45) is 0 Å². The number of benzene rings is 2. The Hall–Kier alpha value is -2.14. The van der Waals surface area contributed by atoms with E-state index in [2.05, 4.69) is 0 Å². The van der Waals surface area contributed by atoms with E-state index < -0.39 is 11.6 Å². The van der Waals surface area contributed by atoms with Gasteiger partial charge >= 0.3 is 0 Å². The molecule has 0 saturated heterocycles. The van der Waals surface area contributed by atoms with Crippen LogP contribution in [0.1, 0.15) is 11.1 Å². The average molecular weight is 307 g/mol. The Morgan fingerprint density at radius 3 is 2.32 bits per heavy atom. The Morgan fingerprint density at radius 1 is 0.909 bits per heavy atom. The molecule has 0 bridgehead atoms. The fraction of sp³-hybridized carbons (Fsp3) is 0.294. The van der Waals surface area contributed by atoms with E-state index in [1.807, 2.05) is 30.1 Å². The predicted molar refractivity (Wildman–Crippen MR) is 81.1 cm³/mol. The summed E-state index contributed by atoms with van der Waals surface area (Å²) in [6.07, 6.45) is 0. The molecule has 5 heteroatoms. The summed E-state index contributed by atoms with van der Waals surface area (Å²) in [4.78, 5) is 2.00. The number of hydrogen-bond acceptors (Lipinski definition) is 3. The molecule has 0 aliphatic carbocycles. The zero-order valence-corrected chi connectivity index (χ0v) is 12.9. The third kappa shape index (κ3) is 3.95. The van der Waals surface area contributed by atoms with Gasteiger partial charge in [0, 0.05) is 24.7 Å². The van der Waals surface area contributed by atoms with Crippen LogP contribution in [-0.2, 0) is 13.1 Å². The molecule has 22 heavy (non-hydrogen) atoms. The van der Waals surface area contributed by atoms with Crippen molar-refractivity contribution in [1.29, 1.82) is 0 Å². The molecule has 0 aliphatic heterocycles. The first-order valence-corrected chi connectivity index (χ1v) is 6.87. The lowest BCUT2D eigenvalue weighted by atomic mass is 10.1. The summed E-state index contributed by atoms with van der Waals surface area (Å²) in [5.41, 5.74) is 1.71. The Morgan fingerprint density at radius 2 is 1.68 bits per heavy atom. The van der Waals surface area contributed by atoms with Crippen molar-refractivity contribution in [2.75, 3.05) is 21.3 Å². The molecule has 0 saturated carbocycles. The molecule has 2 rings (SSSR count). The van der Waals surface area contributed by atoms with Crippen LogP contribution >= 0.6 is 0 Å². The van der Waals surface area contributed by atoms with Crippen LogP contribution in [0.15, 0.2) is 36.4 Å². The lowest BCUT2D eigenvalue weighted by molar-refractivity contribution is 0.308. The van der Waals surface area contributed by atoms with Crippen LogP contribution in [0.5, 0.6) is 11.5 Å². The quantitative estimate of drug-likeness (QED) is 0.813. The summed E-state index contributed by atoms with van der Waals surface area (Å²) in [6.45, 7) is 1.12. The van der Waals surface area contributed by atoms with Crippen molar-refractivity contribution in [3.8, 4) is 11.5 Å². The lowest BCUT2D eigenvalue weighted by Gasteiger charge is -2.19. The summed E-state index contributed by atoms with van der Waals surface area (Å²) in [6, 6.07) is 9.56. The zero-order chi connectivity index (χ0) is 16.1. The predicted octanol–water partition coefficient (Wildman–Crippen LogP) is 3.61. The van der Waals surface area contributed by atoms with Crippen LogP contribution in [0.3, 0.4) is 0 Å². The Balaban J connectivity index is 2.08. The van der Waals surface area contributed by atoms with E-state index in [4.69, 9.17) is 9.47 Å². The molecule has 0 atom stereocenters. The van der Waals surface area contributed by atoms with E-state index in [1.54, 1.807) is 20.3 Å². The number of halogens is 2. The van der Waals surface area contributed by atoms with Gasteiger partial charge in [-0.15, -0.1) is 0 Å². The maximum atomic E-state index is 13.2. The van der Waals surface area contributed by atoms with Crippen LogP contribution in [0.2, 0.25) is 0 Å². The van der Waals surface area contributed by atoms with E-state index in [-0.39, 0.29) is 0 Å². The summed E-state index contributed by atoms with van der Waals surface area (Å²) >= 11 is 0. The summed E-state index contributed by atoms with van der Waals surface area (Å²) < 4.78 is 36.7. The maximum Gasteiger partial charge on any atom is 0.159 e. The first-order chi connectivity index (χ1) is 10.5. The molecule has 0 N–H and O–H groups in total. The van der Waals surface area contributed by atoms with Crippen molar-refractivity contribution in [3.63, 3.8) is 0 Å². The van der Waals surface area contributed by atoms with Gasteiger partial charge in [0.2, 0.25) is 0 Å². The molecule has 2 aromatic carbocycles. The van der Waals surface area contributed by atoms with Crippen LogP contribution in [0, 0.1) is 11.6 Å². The molecule has 0 heterocycles. The van der Waals surface area contributed by atoms with Crippen LogP contribution in [0.25, 0.3) is 0 Å². The van der Waals surface area contributed by atoms with Crippen LogP contribution < -0.4 is 9.47 Å². The Bertz CT molecular complexity index is 647. The van der Waals surface area contributed by atoms with Gasteiger partial charge in [0.15, 0.2) is 11.6 Å². The second kappa shape index (κ2) is 7.22. The molecule has 0 amide bonds. The fourth-order valence-corrected chi connectivity index (χ4v) is 2.28. The summed E-state index contributed by atoms with van der Waals surface area (Å²) in [7, 11) is 5.11. The molecule has 2 aromatic rings. The monoisotopic (exact) mass is 307 g/mol. The Labute approximate surface area is 129 Å². The number of methoxy groups -OCH3 is 2. The van der Waals surface area contributed by atoms with Crippen molar-refractivity contribution in [1.82, 2.24) is 4.90 Å². The van der Waals surface area contributed by atoms with E-state index in [0.29, 0.717) is 18.7 Å². The molecule has 0 spiro atoms. The third-order valence-electron chi connectivity index (χ3n) is 3.37. The SMILES string of the molecule is COc1ccc(CN(C)Cc2ccc(F)c(F)c2)c(OC)c1. The molecule has 0 fully saturated rings. The van der Waals surface area contributed by atoms with Gasteiger partial charge in [-0.2, -0.15) is 0 Å². The maximum absolute atomic E-state index is 13.2. The summed E-state index contributed by atoms with van der Waals surface area (Å²) in [5, 5.41) is 0. The minimum Gasteiger partial charge on any atom is -0.497 e. The highest BCUT2D eigenvalue weighted by Gasteiger charge is 2.10. The number of nitrogens with zero attached hydrogens (tertiary/aromatic N) is 1. The lowest BCUT2D eigenvalue weighted by Crippen LogP contribution is -2.18. The molecule has 0 aliphatic rings. The van der Waals surface area contributed by atoms with Crippen LogP contribution in [-0.4, -0.2) is 26.2 Å². The largest absolute Gasteiger partial charge is 0.497 e. The standard InChI is InChI=1S/C17H19F2NO2/c1-20(10-12-4-7-15(18)16(19)8-12)11-13-5-6-14(21-2)9-17(13)22-3/h4-9H,10-11H2,1-3H3. The summed E-state index contributed by atoms with van der Waals surface area (Å²) in [5.74, 6) is -0.198. The molecule has 0 unspecified atom stereocenters. The highest BCUT2D eigenvalue weighted by atomic mass is 19.2. The molecule has 0 aromatic heterocycles. The van der Waals surface area contributed by atoms with E-state index in [9.17, 15) is 8.78 Å². The van der Waals surface area contributed by atoms with Gasteiger partial charge in [0.1, 0.15) is 11.5 Å². The topological polar surface area (TPSA) is 21.7 Å². The first-order valence-electron chi connectivity index (χ1n) is 6.87. The number of hydrogen-bond donors (Lipinski definition) is 0. The fourth-order valence-electron chi connectivity index (χ4n) is 2.28. The van der Waals surface area contributed by atoms with Gasteiger partial charge in [0.25, 0.3) is 0 Å². The first kappa shape index (κ1) is 16.2.